The van der Waals surface area contributed by atoms with Gasteiger partial charge in [0.1, 0.15) is 23.9 Å². The van der Waals surface area contributed by atoms with Crippen LogP contribution in [0.25, 0.3) is 0 Å². The van der Waals surface area contributed by atoms with Crippen LogP contribution in [-0.4, -0.2) is 12.2 Å². The molecule has 0 atom stereocenters. The molecule has 2 rings (SSSR count). The zero-order chi connectivity index (χ0) is 13.0. The van der Waals surface area contributed by atoms with Gasteiger partial charge in [0.2, 0.25) is 0 Å². The van der Waals surface area contributed by atoms with Crippen molar-refractivity contribution in [1.82, 2.24) is 0 Å². The van der Waals surface area contributed by atoms with Crippen LogP contribution in [0.2, 0.25) is 0 Å². The molecule has 3 N–H and O–H groups in total. The second kappa shape index (κ2) is 5.31. The number of hydrogen-bond acceptors (Lipinski definition) is 4. The molecule has 0 aliphatic carbocycles. The monoisotopic (exact) mass is 245 g/mol. The first-order valence-corrected chi connectivity index (χ1v) is 5.53. The van der Waals surface area contributed by atoms with Crippen molar-refractivity contribution >= 4 is 5.69 Å². The zero-order valence-corrected chi connectivity index (χ0v) is 10.1. The van der Waals surface area contributed by atoms with Crippen LogP contribution in [0.4, 0.5) is 5.69 Å². The maximum Gasteiger partial charge on any atom is 0.141 e. The van der Waals surface area contributed by atoms with Gasteiger partial charge in [0.25, 0.3) is 0 Å². The Hall–Kier alpha value is -2.36. The van der Waals surface area contributed by atoms with E-state index in [-0.39, 0.29) is 5.75 Å². The quantitative estimate of drug-likeness (QED) is 0.812. The molecule has 0 spiro atoms. The van der Waals surface area contributed by atoms with Gasteiger partial charge in [-0.05, 0) is 29.8 Å². The van der Waals surface area contributed by atoms with Crippen molar-refractivity contribution in [2.75, 3.05) is 12.8 Å². The summed E-state index contributed by atoms with van der Waals surface area (Å²) in [6.07, 6.45) is 0. The largest absolute Gasteiger partial charge is 0.508 e. The first kappa shape index (κ1) is 12.1. The molecule has 94 valence electrons. The number of ether oxygens (including phenoxy) is 2. The van der Waals surface area contributed by atoms with Crippen LogP contribution < -0.4 is 15.2 Å². The molecule has 0 saturated carbocycles. The number of benzene rings is 2. The Kier molecular flexibility index (Phi) is 3.57. The standard InChI is InChI=1S/C14H15NO3/c1-17-14-6-5-10(7-13(14)15)9-18-12-4-2-3-11(16)8-12/h2-8,16H,9,15H2,1H3. The van der Waals surface area contributed by atoms with Gasteiger partial charge in [-0.1, -0.05) is 12.1 Å². The molecule has 2 aromatic carbocycles. The lowest BCUT2D eigenvalue weighted by atomic mass is 10.2. The summed E-state index contributed by atoms with van der Waals surface area (Å²) in [5.74, 6) is 1.45. The lowest BCUT2D eigenvalue weighted by Gasteiger charge is -2.09. The van der Waals surface area contributed by atoms with Crippen LogP contribution in [0.15, 0.2) is 42.5 Å². The van der Waals surface area contributed by atoms with E-state index in [1.807, 2.05) is 12.1 Å². The highest BCUT2D eigenvalue weighted by molar-refractivity contribution is 5.54. The third-order valence-corrected chi connectivity index (χ3v) is 2.52. The molecule has 4 heteroatoms. The van der Waals surface area contributed by atoms with E-state index < -0.39 is 0 Å². The molecule has 0 saturated heterocycles. The number of phenolic OH excluding ortho intramolecular Hbond substituents is 1. The van der Waals surface area contributed by atoms with E-state index >= 15 is 0 Å². The lowest BCUT2D eigenvalue weighted by molar-refractivity contribution is 0.304. The fourth-order valence-corrected chi connectivity index (χ4v) is 1.61. The van der Waals surface area contributed by atoms with Crippen molar-refractivity contribution in [2.24, 2.45) is 0 Å². The highest BCUT2D eigenvalue weighted by Crippen LogP contribution is 2.23. The van der Waals surface area contributed by atoms with Crippen molar-refractivity contribution in [2.45, 2.75) is 6.61 Å². The molecular formula is C14H15NO3. The SMILES string of the molecule is COc1ccc(COc2cccc(O)c2)cc1N. The number of nitrogens with two attached hydrogens (primary N) is 1. The van der Waals surface area contributed by atoms with Crippen molar-refractivity contribution in [3.63, 3.8) is 0 Å². The Morgan fingerprint density at radius 1 is 1.17 bits per heavy atom. The first-order valence-electron chi connectivity index (χ1n) is 5.53. The van der Waals surface area contributed by atoms with Gasteiger partial charge in [-0.3, -0.25) is 0 Å². The van der Waals surface area contributed by atoms with Gasteiger partial charge in [0, 0.05) is 6.07 Å². The Morgan fingerprint density at radius 2 is 2.00 bits per heavy atom. The molecular weight excluding hydrogens is 230 g/mol. The summed E-state index contributed by atoms with van der Waals surface area (Å²) in [5.41, 5.74) is 7.32. The smallest absolute Gasteiger partial charge is 0.141 e. The van der Waals surface area contributed by atoms with E-state index in [1.165, 1.54) is 0 Å². The van der Waals surface area contributed by atoms with Crippen LogP contribution in [0.1, 0.15) is 5.56 Å². The van der Waals surface area contributed by atoms with E-state index in [1.54, 1.807) is 37.4 Å². The summed E-state index contributed by atoms with van der Waals surface area (Å²) in [7, 11) is 1.58. The summed E-state index contributed by atoms with van der Waals surface area (Å²) >= 11 is 0. The van der Waals surface area contributed by atoms with Crippen molar-refractivity contribution in [1.29, 1.82) is 0 Å². The number of hydrogen-bond donors (Lipinski definition) is 2. The summed E-state index contributed by atoms with van der Waals surface area (Å²) in [5, 5.41) is 9.31. The van der Waals surface area contributed by atoms with Crippen LogP contribution in [-0.2, 0) is 6.61 Å². The highest BCUT2D eigenvalue weighted by Gasteiger charge is 2.02. The molecule has 0 radical (unpaired) electrons. The minimum Gasteiger partial charge on any atom is -0.508 e. The minimum absolute atomic E-state index is 0.182. The van der Waals surface area contributed by atoms with E-state index in [4.69, 9.17) is 15.2 Å². The Labute approximate surface area is 106 Å². The van der Waals surface area contributed by atoms with Gasteiger partial charge >= 0.3 is 0 Å². The van der Waals surface area contributed by atoms with E-state index in [0.29, 0.717) is 23.8 Å². The van der Waals surface area contributed by atoms with Crippen molar-refractivity contribution < 1.29 is 14.6 Å². The van der Waals surface area contributed by atoms with Crippen molar-refractivity contribution in [3.8, 4) is 17.2 Å². The molecule has 0 unspecified atom stereocenters. The molecule has 0 aliphatic heterocycles. The average molecular weight is 245 g/mol. The fourth-order valence-electron chi connectivity index (χ4n) is 1.61. The van der Waals surface area contributed by atoms with Gasteiger partial charge < -0.3 is 20.3 Å². The number of nitrogen functional groups attached to an aromatic ring is 1. The van der Waals surface area contributed by atoms with Crippen LogP contribution in [0.5, 0.6) is 17.2 Å². The van der Waals surface area contributed by atoms with Crippen LogP contribution >= 0.6 is 0 Å². The normalized spacial score (nSPS) is 10.1. The third kappa shape index (κ3) is 2.85. The maximum absolute atomic E-state index is 9.31. The molecule has 2 aromatic rings. The highest BCUT2D eigenvalue weighted by atomic mass is 16.5. The predicted octanol–water partition coefficient (Wildman–Crippen LogP) is 2.56. The molecule has 0 bridgehead atoms. The average Bonchev–Trinajstić information content (AvgIpc) is 2.37. The second-order valence-electron chi connectivity index (χ2n) is 3.86. The molecule has 18 heavy (non-hydrogen) atoms. The molecule has 4 nitrogen and oxygen atoms in total. The number of methoxy groups -OCH3 is 1. The topological polar surface area (TPSA) is 64.7 Å². The summed E-state index contributed by atoms with van der Waals surface area (Å²) in [4.78, 5) is 0. The summed E-state index contributed by atoms with van der Waals surface area (Å²) < 4.78 is 10.6. The Balaban J connectivity index is 2.04. The fraction of sp³-hybridized carbons (Fsp3) is 0.143. The zero-order valence-electron chi connectivity index (χ0n) is 10.1. The van der Waals surface area contributed by atoms with E-state index in [9.17, 15) is 5.11 Å². The van der Waals surface area contributed by atoms with Gasteiger partial charge in [-0.2, -0.15) is 0 Å². The Morgan fingerprint density at radius 3 is 2.67 bits per heavy atom. The van der Waals surface area contributed by atoms with Crippen molar-refractivity contribution in [3.05, 3.63) is 48.0 Å². The van der Waals surface area contributed by atoms with E-state index in [2.05, 4.69) is 0 Å². The van der Waals surface area contributed by atoms with Gasteiger partial charge in [-0.25, -0.2) is 0 Å². The number of anilines is 1. The third-order valence-electron chi connectivity index (χ3n) is 2.52. The molecule has 0 fully saturated rings. The minimum atomic E-state index is 0.182. The molecule has 0 aromatic heterocycles. The predicted molar refractivity (Wildman–Crippen MR) is 69.8 cm³/mol. The van der Waals surface area contributed by atoms with Gasteiger partial charge in [0.05, 0.1) is 12.8 Å². The Bertz CT molecular complexity index is 540. The first-order chi connectivity index (χ1) is 8.69. The number of phenols is 1. The second-order valence-corrected chi connectivity index (χ2v) is 3.86. The maximum atomic E-state index is 9.31. The lowest BCUT2D eigenvalue weighted by Crippen LogP contribution is -1.98. The number of rotatable bonds is 4. The van der Waals surface area contributed by atoms with Crippen LogP contribution in [0, 0.1) is 0 Å². The molecule has 0 aliphatic rings. The summed E-state index contributed by atoms with van der Waals surface area (Å²) in [6, 6.07) is 12.2. The van der Waals surface area contributed by atoms with Gasteiger partial charge in [-0.15, -0.1) is 0 Å². The van der Waals surface area contributed by atoms with Crippen LogP contribution in [0.3, 0.4) is 0 Å². The number of aromatic hydroxyl groups is 1. The summed E-state index contributed by atoms with van der Waals surface area (Å²) in [6.45, 7) is 0.387. The molecule has 0 amide bonds. The molecule has 0 heterocycles. The van der Waals surface area contributed by atoms with E-state index in [0.717, 1.165) is 5.56 Å². The van der Waals surface area contributed by atoms with Gasteiger partial charge in [0.15, 0.2) is 0 Å².